The zero-order chi connectivity index (χ0) is 14.5. The summed E-state index contributed by atoms with van der Waals surface area (Å²) >= 11 is 0. The molecule has 0 aliphatic carbocycles. The van der Waals surface area contributed by atoms with E-state index in [-0.39, 0.29) is 11.9 Å². The van der Waals surface area contributed by atoms with E-state index in [0.717, 1.165) is 29.9 Å². The highest BCUT2D eigenvalue weighted by Crippen LogP contribution is 2.34. The summed E-state index contributed by atoms with van der Waals surface area (Å²) in [7, 11) is 5.40. The molecule has 5 heteroatoms. The molecule has 0 aromatic heterocycles. The third kappa shape index (κ3) is 3.63. The van der Waals surface area contributed by atoms with Crippen LogP contribution in [-0.2, 0) is 4.79 Å². The van der Waals surface area contributed by atoms with Crippen LogP contribution >= 0.6 is 0 Å². The smallest absolute Gasteiger partial charge is 0.234 e. The number of ether oxygens (including phenoxy) is 2. The minimum absolute atomic E-state index is 0.00542. The van der Waals surface area contributed by atoms with Gasteiger partial charge < -0.3 is 19.7 Å². The zero-order valence-electron chi connectivity index (χ0n) is 12.3. The minimum atomic E-state index is 0.00542. The molecule has 0 radical (unpaired) electrons. The second kappa shape index (κ2) is 6.61. The van der Waals surface area contributed by atoms with Gasteiger partial charge in [-0.15, -0.1) is 0 Å². The molecule has 110 valence electrons. The van der Waals surface area contributed by atoms with Crippen molar-refractivity contribution in [3.05, 3.63) is 23.8 Å². The maximum absolute atomic E-state index is 11.9. The molecule has 1 aliphatic heterocycles. The molecule has 5 nitrogen and oxygen atoms in total. The van der Waals surface area contributed by atoms with Crippen molar-refractivity contribution in [1.82, 2.24) is 10.2 Å². The van der Waals surface area contributed by atoms with Crippen molar-refractivity contribution in [2.45, 2.75) is 18.9 Å². The molecule has 2 rings (SSSR count). The molecule has 1 amide bonds. The Morgan fingerprint density at radius 3 is 3.00 bits per heavy atom. The predicted molar refractivity (Wildman–Crippen MR) is 77.2 cm³/mol. The maximum atomic E-state index is 11.9. The first kappa shape index (κ1) is 14.7. The first-order valence-electron chi connectivity index (χ1n) is 6.85. The van der Waals surface area contributed by atoms with Gasteiger partial charge >= 0.3 is 0 Å². The largest absolute Gasteiger partial charge is 0.497 e. The van der Waals surface area contributed by atoms with Gasteiger partial charge in [0.15, 0.2) is 0 Å². The van der Waals surface area contributed by atoms with Crippen molar-refractivity contribution in [3.63, 3.8) is 0 Å². The van der Waals surface area contributed by atoms with Crippen molar-refractivity contribution in [2.24, 2.45) is 0 Å². The normalized spacial score (nSPS) is 17.9. The van der Waals surface area contributed by atoms with Gasteiger partial charge in [0.1, 0.15) is 11.5 Å². The van der Waals surface area contributed by atoms with E-state index in [4.69, 9.17) is 9.47 Å². The van der Waals surface area contributed by atoms with Crippen molar-refractivity contribution in [1.29, 1.82) is 0 Å². The molecule has 1 unspecified atom stereocenters. The van der Waals surface area contributed by atoms with Gasteiger partial charge in [0, 0.05) is 11.6 Å². The van der Waals surface area contributed by atoms with E-state index in [1.165, 1.54) is 0 Å². The van der Waals surface area contributed by atoms with E-state index in [0.29, 0.717) is 13.2 Å². The lowest BCUT2D eigenvalue weighted by atomic mass is 10.0. The number of nitrogens with zero attached hydrogens (tertiary/aromatic N) is 1. The number of benzene rings is 1. The van der Waals surface area contributed by atoms with E-state index >= 15 is 0 Å². The van der Waals surface area contributed by atoms with Crippen LogP contribution in [0.3, 0.4) is 0 Å². The monoisotopic (exact) mass is 278 g/mol. The predicted octanol–water partition coefficient (Wildman–Crippen LogP) is 1.59. The number of carbonyl (C=O) groups is 1. The van der Waals surface area contributed by atoms with E-state index < -0.39 is 0 Å². The maximum Gasteiger partial charge on any atom is 0.234 e. The Morgan fingerprint density at radius 2 is 2.30 bits per heavy atom. The van der Waals surface area contributed by atoms with Crippen LogP contribution in [0.5, 0.6) is 11.5 Å². The van der Waals surface area contributed by atoms with E-state index in [1.54, 1.807) is 7.11 Å². The van der Waals surface area contributed by atoms with E-state index in [2.05, 4.69) is 5.32 Å². The van der Waals surface area contributed by atoms with Crippen LogP contribution in [-0.4, -0.2) is 45.2 Å². The van der Waals surface area contributed by atoms with Crippen LogP contribution in [0.1, 0.15) is 24.4 Å². The first-order chi connectivity index (χ1) is 9.60. The summed E-state index contributed by atoms with van der Waals surface area (Å²) in [5.41, 5.74) is 1.02. The van der Waals surface area contributed by atoms with Crippen LogP contribution in [0.25, 0.3) is 0 Å². The van der Waals surface area contributed by atoms with Crippen LogP contribution in [0.15, 0.2) is 18.2 Å². The molecule has 0 bridgehead atoms. The summed E-state index contributed by atoms with van der Waals surface area (Å²) in [6.45, 7) is 1.06. The summed E-state index contributed by atoms with van der Waals surface area (Å²) in [5, 5.41) is 3.08. The second-order valence-electron chi connectivity index (χ2n) is 5.25. The van der Waals surface area contributed by atoms with Crippen LogP contribution < -0.4 is 14.8 Å². The van der Waals surface area contributed by atoms with Gasteiger partial charge in [0.2, 0.25) is 5.91 Å². The van der Waals surface area contributed by atoms with Crippen LogP contribution in [0.2, 0.25) is 0 Å². The molecule has 1 atom stereocenters. The Hall–Kier alpha value is -1.75. The highest BCUT2D eigenvalue weighted by Gasteiger charge is 2.22. The number of rotatable bonds is 4. The molecule has 1 N–H and O–H groups in total. The van der Waals surface area contributed by atoms with Gasteiger partial charge in [0.05, 0.1) is 26.3 Å². The molecule has 20 heavy (non-hydrogen) atoms. The van der Waals surface area contributed by atoms with E-state index in [9.17, 15) is 4.79 Å². The number of fused-ring (bicyclic) bond motifs is 1. The molecule has 0 fully saturated rings. The summed E-state index contributed by atoms with van der Waals surface area (Å²) in [4.78, 5) is 13.8. The first-order valence-corrected chi connectivity index (χ1v) is 6.85. The van der Waals surface area contributed by atoms with Crippen molar-refractivity contribution in [3.8, 4) is 11.5 Å². The summed E-state index contributed by atoms with van der Waals surface area (Å²) < 4.78 is 11.0. The Kier molecular flexibility index (Phi) is 4.84. The molecule has 1 aliphatic rings. The number of methoxy groups -OCH3 is 1. The Morgan fingerprint density at radius 1 is 1.50 bits per heavy atom. The van der Waals surface area contributed by atoms with Crippen LogP contribution in [0, 0.1) is 0 Å². The van der Waals surface area contributed by atoms with Gasteiger partial charge in [-0.05, 0) is 39.1 Å². The quantitative estimate of drug-likeness (QED) is 0.908. The standard InChI is InChI=1S/C15H22N2O3/c1-17(2)10-15(18)16-13-5-4-8-20-14-9-11(19-3)6-7-12(13)14/h6-7,9,13H,4-5,8,10H2,1-3H3,(H,16,18). The number of carbonyl (C=O) groups excluding carboxylic acids is 1. The molecule has 0 saturated heterocycles. The molecule has 1 aromatic carbocycles. The SMILES string of the molecule is COc1ccc2c(c1)OCCCC2NC(=O)CN(C)C. The lowest BCUT2D eigenvalue weighted by Gasteiger charge is -2.20. The molecule has 0 saturated carbocycles. The average Bonchev–Trinajstić information content (AvgIpc) is 2.59. The van der Waals surface area contributed by atoms with Gasteiger partial charge in [-0.2, -0.15) is 0 Å². The molecular formula is C15H22N2O3. The third-order valence-electron chi connectivity index (χ3n) is 3.29. The summed E-state index contributed by atoms with van der Waals surface area (Å²) in [6.07, 6.45) is 1.81. The molecule has 0 spiro atoms. The lowest BCUT2D eigenvalue weighted by molar-refractivity contribution is -0.122. The number of likely N-dealkylation sites (N-methyl/N-ethyl adjacent to an activating group) is 1. The topological polar surface area (TPSA) is 50.8 Å². The highest BCUT2D eigenvalue weighted by atomic mass is 16.5. The number of hydrogen-bond donors (Lipinski definition) is 1. The average molecular weight is 278 g/mol. The second-order valence-corrected chi connectivity index (χ2v) is 5.25. The molecule has 1 aromatic rings. The van der Waals surface area contributed by atoms with Crippen LogP contribution in [0.4, 0.5) is 0 Å². The lowest BCUT2D eigenvalue weighted by Crippen LogP contribution is -2.35. The fourth-order valence-corrected chi connectivity index (χ4v) is 2.36. The zero-order valence-corrected chi connectivity index (χ0v) is 12.3. The van der Waals surface area contributed by atoms with Crippen molar-refractivity contribution < 1.29 is 14.3 Å². The van der Waals surface area contributed by atoms with Gasteiger partial charge in [-0.1, -0.05) is 0 Å². The fourth-order valence-electron chi connectivity index (χ4n) is 2.36. The Balaban J connectivity index is 2.16. The number of hydrogen-bond acceptors (Lipinski definition) is 4. The Labute approximate surface area is 119 Å². The molecule has 1 heterocycles. The summed E-state index contributed by atoms with van der Waals surface area (Å²) in [5.74, 6) is 1.60. The van der Waals surface area contributed by atoms with Gasteiger partial charge in [-0.25, -0.2) is 0 Å². The highest BCUT2D eigenvalue weighted by molar-refractivity contribution is 5.78. The summed E-state index contributed by atoms with van der Waals surface area (Å²) in [6, 6.07) is 5.76. The third-order valence-corrected chi connectivity index (χ3v) is 3.29. The number of nitrogens with one attached hydrogen (secondary N) is 1. The minimum Gasteiger partial charge on any atom is -0.497 e. The molecular weight excluding hydrogens is 256 g/mol. The van der Waals surface area contributed by atoms with E-state index in [1.807, 2.05) is 37.2 Å². The number of amides is 1. The van der Waals surface area contributed by atoms with Crippen molar-refractivity contribution >= 4 is 5.91 Å². The Bertz CT molecular complexity index is 474. The fraction of sp³-hybridized carbons (Fsp3) is 0.533. The van der Waals surface area contributed by atoms with Gasteiger partial charge in [0.25, 0.3) is 0 Å². The van der Waals surface area contributed by atoms with Gasteiger partial charge in [-0.3, -0.25) is 4.79 Å². The van der Waals surface area contributed by atoms with Crippen molar-refractivity contribution in [2.75, 3.05) is 34.4 Å².